The molecule has 0 aromatic carbocycles. The fourth-order valence-electron chi connectivity index (χ4n) is 2.58. The molecule has 0 aromatic heterocycles. The van der Waals surface area contributed by atoms with E-state index >= 15 is 0 Å². The van der Waals surface area contributed by atoms with Gasteiger partial charge in [-0.15, -0.1) is 0 Å². The molecule has 0 heterocycles. The Bertz CT molecular complexity index is 313. The van der Waals surface area contributed by atoms with Crippen LogP contribution in [0.1, 0.15) is 52.4 Å². The molecule has 1 saturated carbocycles. The third-order valence-corrected chi connectivity index (χ3v) is 4.27. The quantitative estimate of drug-likeness (QED) is 0.783. The lowest BCUT2D eigenvalue weighted by Gasteiger charge is -2.38. The second kappa shape index (κ2) is 6.75. The molecule has 4 nitrogen and oxygen atoms in total. The van der Waals surface area contributed by atoms with Crippen molar-refractivity contribution in [2.75, 3.05) is 6.54 Å². The van der Waals surface area contributed by atoms with Gasteiger partial charge < -0.3 is 11.1 Å². The fraction of sp³-hybridized carbons (Fsp3) is 0.857. The summed E-state index contributed by atoms with van der Waals surface area (Å²) in [6.07, 6.45) is 5.05. The topological polar surface area (TPSA) is 78.9 Å². The van der Waals surface area contributed by atoms with Crippen molar-refractivity contribution in [1.82, 2.24) is 5.32 Å². The molecule has 0 aromatic rings. The van der Waals surface area contributed by atoms with Gasteiger partial charge in [-0.3, -0.25) is 4.79 Å². The van der Waals surface area contributed by atoms with Gasteiger partial charge in [-0.05, 0) is 38.0 Å². The predicted octanol–water partition coefficient (Wildman–Crippen LogP) is 1.95. The maximum Gasteiger partial charge on any atom is 0.227 e. The smallest absolute Gasteiger partial charge is 0.227 e. The maximum atomic E-state index is 12.4. The van der Waals surface area contributed by atoms with Crippen molar-refractivity contribution < 1.29 is 4.79 Å². The molecule has 0 bridgehead atoms. The normalized spacial score (nSPS) is 29.3. The van der Waals surface area contributed by atoms with Gasteiger partial charge in [0.15, 0.2) is 0 Å². The van der Waals surface area contributed by atoms with Gasteiger partial charge >= 0.3 is 0 Å². The zero-order valence-corrected chi connectivity index (χ0v) is 11.5. The number of hydrogen-bond acceptors (Lipinski definition) is 3. The first-order valence-corrected chi connectivity index (χ1v) is 6.96. The van der Waals surface area contributed by atoms with Gasteiger partial charge in [0.25, 0.3) is 0 Å². The highest BCUT2D eigenvalue weighted by molar-refractivity contribution is 5.83. The van der Waals surface area contributed by atoms with Crippen molar-refractivity contribution in [2.24, 2.45) is 17.1 Å². The summed E-state index contributed by atoms with van der Waals surface area (Å²) in [6, 6.07) is 2.08. The van der Waals surface area contributed by atoms with E-state index in [1.54, 1.807) is 0 Å². The second-order valence-corrected chi connectivity index (χ2v) is 5.61. The number of hydrogen-bond donors (Lipinski definition) is 2. The Morgan fingerprint density at radius 3 is 2.61 bits per heavy atom. The van der Waals surface area contributed by atoms with Gasteiger partial charge in [-0.2, -0.15) is 5.26 Å². The van der Waals surface area contributed by atoms with E-state index in [0.717, 1.165) is 32.1 Å². The lowest BCUT2D eigenvalue weighted by atomic mass is 9.70. The van der Waals surface area contributed by atoms with Crippen LogP contribution < -0.4 is 11.1 Å². The monoisotopic (exact) mass is 251 g/mol. The van der Waals surface area contributed by atoms with Gasteiger partial charge in [0.05, 0.1) is 17.9 Å². The molecule has 1 aliphatic rings. The predicted molar refractivity (Wildman–Crippen MR) is 71.6 cm³/mol. The highest BCUT2D eigenvalue weighted by Crippen LogP contribution is 2.38. The number of nitrogens with one attached hydrogen (secondary N) is 1. The van der Waals surface area contributed by atoms with E-state index < -0.39 is 5.41 Å². The van der Waals surface area contributed by atoms with E-state index in [1.807, 2.05) is 6.92 Å². The van der Waals surface area contributed by atoms with E-state index in [-0.39, 0.29) is 11.9 Å². The summed E-state index contributed by atoms with van der Waals surface area (Å²) in [5.41, 5.74) is 5.46. The first-order chi connectivity index (χ1) is 8.57. The van der Waals surface area contributed by atoms with Crippen molar-refractivity contribution in [3.05, 3.63) is 0 Å². The molecule has 0 spiro atoms. The summed E-state index contributed by atoms with van der Waals surface area (Å²) >= 11 is 0. The van der Waals surface area contributed by atoms with Gasteiger partial charge in [-0.25, -0.2) is 0 Å². The Morgan fingerprint density at radius 2 is 2.17 bits per heavy atom. The van der Waals surface area contributed by atoms with Crippen LogP contribution in [-0.4, -0.2) is 18.5 Å². The Balaban J connectivity index is 2.65. The molecule has 1 unspecified atom stereocenters. The first kappa shape index (κ1) is 15.0. The average molecular weight is 251 g/mol. The fourth-order valence-corrected chi connectivity index (χ4v) is 2.58. The number of nitriles is 1. The Hall–Kier alpha value is -1.08. The molecule has 1 atom stereocenters. The molecule has 1 amide bonds. The third kappa shape index (κ3) is 3.46. The van der Waals surface area contributed by atoms with Crippen LogP contribution in [0.25, 0.3) is 0 Å². The van der Waals surface area contributed by atoms with Crippen molar-refractivity contribution in [3.8, 4) is 6.07 Å². The van der Waals surface area contributed by atoms with Gasteiger partial charge in [0.2, 0.25) is 5.91 Å². The van der Waals surface area contributed by atoms with Crippen LogP contribution in [0, 0.1) is 22.7 Å². The van der Waals surface area contributed by atoms with Crippen LogP contribution in [0.15, 0.2) is 0 Å². The highest BCUT2D eigenvalue weighted by atomic mass is 16.2. The van der Waals surface area contributed by atoms with Crippen LogP contribution in [-0.2, 0) is 4.79 Å². The number of amides is 1. The van der Waals surface area contributed by atoms with Gasteiger partial charge in [-0.1, -0.05) is 13.8 Å². The molecule has 0 radical (unpaired) electrons. The summed E-state index contributed by atoms with van der Waals surface area (Å²) in [5, 5.41) is 11.7. The Kier molecular flexibility index (Phi) is 5.61. The first-order valence-electron chi connectivity index (χ1n) is 6.96. The van der Waals surface area contributed by atoms with Crippen molar-refractivity contribution >= 4 is 5.91 Å². The van der Waals surface area contributed by atoms with Gasteiger partial charge in [0, 0.05) is 12.6 Å². The third-order valence-electron chi connectivity index (χ3n) is 4.27. The van der Waals surface area contributed by atoms with Crippen molar-refractivity contribution in [2.45, 2.75) is 58.4 Å². The molecule has 1 rings (SSSR count). The van der Waals surface area contributed by atoms with E-state index in [1.165, 1.54) is 0 Å². The molecule has 3 N–H and O–H groups in total. The summed E-state index contributed by atoms with van der Waals surface area (Å²) in [5.74, 6) is 0.748. The molecule has 0 aliphatic heterocycles. The van der Waals surface area contributed by atoms with Crippen LogP contribution in [0.5, 0.6) is 0 Å². The highest BCUT2D eigenvalue weighted by Gasteiger charge is 2.40. The average Bonchev–Trinajstić information content (AvgIpc) is 2.39. The van der Waals surface area contributed by atoms with Crippen molar-refractivity contribution in [3.63, 3.8) is 0 Å². The lowest BCUT2D eigenvalue weighted by molar-refractivity contribution is -0.133. The zero-order valence-electron chi connectivity index (χ0n) is 11.5. The van der Waals surface area contributed by atoms with E-state index in [4.69, 9.17) is 11.0 Å². The van der Waals surface area contributed by atoms with Crippen LogP contribution in [0.3, 0.4) is 0 Å². The SMILES string of the molecule is CCC(CC#N)NC(=O)C1(CN)CCC(C)CC1. The van der Waals surface area contributed by atoms with Crippen LogP contribution >= 0.6 is 0 Å². The lowest BCUT2D eigenvalue weighted by Crippen LogP contribution is -2.50. The minimum Gasteiger partial charge on any atom is -0.352 e. The molecule has 4 heteroatoms. The van der Waals surface area contributed by atoms with E-state index in [0.29, 0.717) is 18.9 Å². The van der Waals surface area contributed by atoms with E-state index in [2.05, 4.69) is 18.3 Å². The Morgan fingerprint density at radius 1 is 1.56 bits per heavy atom. The molecular formula is C14H25N3O. The number of carbonyl (C=O) groups is 1. The molecule has 0 saturated heterocycles. The standard InChI is InChI=1S/C14H25N3O/c1-3-12(6-9-15)17-13(18)14(10-16)7-4-11(2)5-8-14/h11-12H,3-8,10,16H2,1-2H3,(H,17,18). The summed E-state index contributed by atoms with van der Waals surface area (Å²) in [4.78, 5) is 12.4. The zero-order chi connectivity index (χ0) is 13.6. The summed E-state index contributed by atoms with van der Waals surface area (Å²) in [7, 11) is 0. The van der Waals surface area contributed by atoms with Crippen molar-refractivity contribution in [1.29, 1.82) is 5.26 Å². The second-order valence-electron chi connectivity index (χ2n) is 5.61. The number of nitrogens with zero attached hydrogens (tertiary/aromatic N) is 1. The molecular weight excluding hydrogens is 226 g/mol. The minimum absolute atomic E-state index is 0.0368. The van der Waals surface area contributed by atoms with Crippen LogP contribution in [0.2, 0.25) is 0 Å². The van der Waals surface area contributed by atoms with Gasteiger partial charge in [0.1, 0.15) is 0 Å². The van der Waals surface area contributed by atoms with E-state index in [9.17, 15) is 4.79 Å². The Labute approximate surface area is 110 Å². The number of rotatable bonds is 5. The largest absolute Gasteiger partial charge is 0.352 e. The summed E-state index contributed by atoms with van der Waals surface area (Å²) in [6.45, 7) is 4.62. The number of nitrogens with two attached hydrogens (primary N) is 1. The minimum atomic E-state index is -0.393. The maximum absolute atomic E-state index is 12.4. The molecule has 1 aliphatic carbocycles. The molecule has 102 valence electrons. The number of carbonyl (C=O) groups excluding carboxylic acids is 1. The van der Waals surface area contributed by atoms with Crippen LogP contribution in [0.4, 0.5) is 0 Å². The molecule has 1 fully saturated rings. The summed E-state index contributed by atoms with van der Waals surface area (Å²) < 4.78 is 0. The molecule has 18 heavy (non-hydrogen) atoms.